The van der Waals surface area contributed by atoms with Gasteiger partial charge in [0.1, 0.15) is 5.15 Å². The van der Waals surface area contributed by atoms with Crippen molar-refractivity contribution in [3.8, 4) is 0 Å². The third kappa shape index (κ3) is 1.84. The summed E-state index contributed by atoms with van der Waals surface area (Å²) in [5, 5.41) is 2.73. The minimum absolute atomic E-state index is 0.739. The van der Waals surface area contributed by atoms with Crippen LogP contribution in [0.15, 0.2) is 11.6 Å². The molecule has 0 unspecified atom stereocenters. The largest absolute Gasteiger partial charge is 0.379 e. The van der Waals surface area contributed by atoms with Gasteiger partial charge in [-0.25, -0.2) is 4.98 Å². The topological polar surface area (TPSA) is 29.8 Å². The van der Waals surface area contributed by atoms with Gasteiger partial charge in [-0.05, 0) is 0 Å². The normalized spacial score (nSPS) is 18.3. The maximum atomic E-state index is 6.27. The number of halogens is 1. The summed E-state index contributed by atoms with van der Waals surface area (Å²) in [5.41, 5.74) is 0.968. The van der Waals surface area contributed by atoms with Gasteiger partial charge in [-0.2, -0.15) is 0 Å². The van der Waals surface area contributed by atoms with E-state index in [9.17, 15) is 0 Å². The Kier molecular flexibility index (Phi) is 2.85. The maximum absolute atomic E-state index is 6.27. The zero-order chi connectivity index (χ0) is 11.0. The molecule has 3 rings (SSSR count). The summed E-state index contributed by atoms with van der Waals surface area (Å²) in [6.45, 7) is 4.35. The molecular formula is C10H12ClN3OS. The quantitative estimate of drug-likeness (QED) is 0.823. The standard InChI is InChI=1S/C10H12ClN3OS/c11-9-8(7-13-1-4-15-5-2-13)12-10-14(9)3-6-16-10/h3,6H,1-2,4-5,7H2. The minimum atomic E-state index is 0.739. The molecule has 16 heavy (non-hydrogen) atoms. The minimum Gasteiger partial charge on any atom is -0.379 e. The van der Waals surface area contributed by atoms with E-state index < -0.39 is 0 Å². The number of nitrogens with zero attached hydrogens (tertiary/aromatic N) is 3. The molecule has 0 N–H and O–H groups in total. The molecule has 0 spiro atoms. The highest BCUT2D eigenvalue weighted by Gasteiger charge is 2.16. The first kappa shape index (κ1) is 10.5. The molecule has 0 amide bonds. The summed E-state index contributed by atoms with van der Waals surface area (Å²) in [7, 11) is 0. The SMILES string of the molecule is Clc1c(CN2CCOCC2)nc2sccn12. The number of ether oxygens (including phenoxy) is 1. The molecule has 0 radical (unpaired) electrons. The molecule has 2 aromatic rings. The molecular weight excluding hydrogens is 246 g/mol. The molecule has 0 bridgehead atoms. The summed E-state index contributed by atoms with van der Waals surface area (Å²) in [6, 6.07) is 0. The Hall–Kier alpha value is -0.620. The van der Waals surface area contributed by atoms with Crippen molar-refractivity contribution in [2.45, 2.75) is 6.54 Å². The Morgan fingerprint density at radius 2 is 2.25 bits per heavy atom. The third-order valence-corrected chi connectivity index (χ3v) is 3.90. The number of thiazole rings is 1. The van der Waals surface area contributed by atoms with E-state index in [2.05, 4.69) is 9.88 Å². The molecule has 6 heteroatoms. The first-order chi connectivity index (χ1) is 7.84. The highest BCUT2D eigenvalue weighted by molar-refractivity contribution is 7.15. The second-order valence-corrected chi connectivity index (χ2v) is 5.02. The highest BCUT2D eigenvalue weighted by Crippen LogP contribution is 2.23. The van der Waals surface area contributed by atoms with Gasteiger partial charge in [0.25, 0.3) is 0 Å². The lowest BCUT2D eigenvalue weighted by molar-refractivity contribution is 0.0337. The number of morpholine rings is 1. The van der Waals surface area contributed by atoms with Crippen LogP contribution in [0.4, 0.5) is 0 Å². The number of hydrogen-bond donors (Lipinski definition) is 0. The average molecular weight is 258 g/mol. The van der Waals surface area contributed by atoms with Gasteiger partial charge in [0.15, 0.2) is 4.96 Å². The Morgan fingerprint density at radius 3 is 3.00 bits per heavy atom. The fraction of sp³-hybridized carbons (Fsp3) is 0.500. The van der Waals surface area contributed by atoms with E-state index in [-0.39, 0.29) is 0 Å². The van der Waals surface area contributed by atoms with Crippen molar-refractivity contribution in [2.24, 2.45) is 0 Å². The average Bonchev–Trinajstić information content (AvgIpc) is 2.86. The van der Waals surface area contributed by atoms with Crippen LogP contribution in [0.5, 0.6) is 0 Å². The summed E-state index contributed by atoms with van der Waals surface area (Å²) >= 11 is 7.88. The van der Waals surface area contributed by atoms with Gasteiger partial charge in [-0.3, -0.25) is 9.30 Å². The van der Waals surface area contributed by atoms with Gasteiger partial charge in [-0.1, -0.05) is 11.6 Å². The van der Waals surface area contributed by atoms with Crippen LogP contribution >= 0.6 is 22.9 Å². The van der Waals surface area contributed by atoms with Gasteiger partial charge >= 0.3 is 0 Å². The van der Waals surface area contributed by atoms with Crippen molar-refractivity contribution < 1.29 is 4.74 Å². The lowest BCUT2D eigenvalue weighted by Crippen LogP contribution is -2.35. The van der Waals surface area contributed by atoms with E-state index in [1.54, 1.807) is 11.3 Å². The number of rotatable bonds is 2. The van der Waals surface area contributed by atoms with Crippen LogP contribution in [0, 0.1) is 0 Å². The fourth-order valence-electron chi connectivity index (χ4n) is 1.87. The number of fused-ring (bicyclic) bond motifs is 1. The predicted octanol–water partition coefficient (Wildman–Crippen LogP) is 1.88. The van der Waals surface area contributed by atoms with Crippen LogP contribution in [-0.4, -0.2) is 40.6 Å². The van der Waals surface area contributed by atoms with E-state index in [0.717, 1.165) is 48.7 Å². The van der Waals surface area contributed by atoms with E-state index in [1.807, 2.05) is 16.0 Å². The fourth-order valence-corrected chi connectivity index (χ4v) is 2.90. The van der Waals surface area contributed by atoms with E-state index in [4.69, 9.17) is 16.3 Å². The smallest absolute Gasteiger partial charge is 0.195 e. The van der Waals surface area contributed by atoms with Crippen molar-refractivity contribution in [1.29, 1.82) is 0 Å². The molecule has 0 atom stereocenters. The Labute approximate surface area is 102 Å². The summed E-state index contributed by atoms with van der Waals surface area (Å²) in [6.07, 6.45) is 1.96. The molecule has 1 aliphatic rings. The second-order valence-electron chi connectivity index (χ2n) is 3.79. The van der Waals surface area contributed by atoms with Crippen molar-refractivity contribution in [3.63, 3.8) is 0 Å². The molecule has 3 heterocycles. The zero-order valence-corrected chi connectivity index (χ0v) is 10.3. The van der Waals surface area contributed by atoms with Crippen LogP contribution in [0.2, 0.25) is 5.15 Å². The monoisotopic (exact) mass is 257 g/mol. The van der Waals surface area contributed by atoms with E-state index >= 15 is 0 Å². The van der Waals surface area contributed by atoms with Gasteiger partial charge in [0.05, 0.1) is 18.9 Å². The molecule has 0 aromatic carbocycles. The molecule has 4 nitrogen and oxygen atoms in total. The molecule has 1 aliphatic heterocycles. The zero-order valence-electron chi connectivity index (χ0n) is 8.73. The van der Waals surface area contributed by atoms with Gasteiger partial charge in [0, 0.05) is 31.2 Å². The molecule has 1 fully saturated rings. The van der Waals surface area contributed by atoms with Gasteiger partial charge in [-0.15, -0.1) is 11.3 Å². The van der Waals surface area contributed by atoms with Gasteiger partial charge < -0.3 is 4.74 Å². The summed E-state index contributed by atoms with van der Waals surface area (Å²) in [4.78, 5) is 7.82. The molecule has 0 saturated carbocycles. The Balaban J connectivity index is 1.82. The lowest BCUT2D eigenvalue weighted by atomic mass is 10.3. The van der Waals surface area contributed by atoms with Crippen LogP contribution in [0.3, 0.4) is 0 Å². The Morgan fingerprint density at radius 1 is 1.44 bits per heavy atom. The Bertz CT molecular complexity index is 489. The van der Waals surface area contributed by atoms with E-state index in [0.29, 0.717) is 0 Å². The van der Waals surface area contributed by atoms with Crippen LogP contribution in [0.1, 0.15) is 5.69 Å². The van der Waals surface area contributed by atoms with Crippen molar-refractivity contribution >= 4 is 27.9 Å². The number of imidazole rings is 1. The second kappa shape index (κ2) is 4.33. The van der Waals surface area contributed by atoms with Gasteiger partial charge in [0.2, 0.25) is 0 Å². The number of aromatic nitrogens is 2. The first-order valence-corrected chi connectivity index (χ1v) is 6.50. The summed E-state index contributed by atoms with van der Waals surface area (Å²) in [5.74, 6) is 0. The molecule has 86 valence electrons. The van der Waals surface area contributed by atoms with Crippen molar-refractivity contribution in [3.05, 3.63) is 22.4 Å². The molecule has 2 aromatic heterocycles. The predicted molar refractivity (Wildman–Crippen MR) is 64.2 cm³/mol. The number of hydrogen-bond acceptors (Lipinski definition) is 4. The van der Waals surface area contributed by atoms with Crippen molar-refractivity contribution in [2.75, 3.05) is 26.3 Å². The van der Waals surface area contributed by atoms with Crippen LogP contribution in [-0.2, 0) is 11.3 Å². The van der Waals surface area contributed by atoms with E-state index in [1.165, 1.54) is 0 Å². The summed E-state index contributed by atoms with van der Waals surface area (Å²) < 4.78 is 7.25. The molecule has 0 aliphatic carbocycles. The first-order valence-electron chi connectivity index (χ1n) is 5.24. The molecule has 1 saturated heterocycles. The third-order valence-electron chi connectivity index (χ3n) is 2.75. The lowest BCUT2D eigenvalue weighted by Gasteiger charge is -2.25. The maximum Gasteiger partial charge on any atom is 0.195 e. The van der Waals surface area contributed by atoms with Crippen LogP contribution in [0.25, 0.3) is 4.96 Å². The van der Waals surface area contributed by atoms with Crippen molar-refractivity contribution in [1.82, 2.24) is 14.3 Å². The highest BCUT2D eigenvalue weighted by atomic mass is 35.5. The van der Waals surface area contributed by atoms with Crippen LogP contribution < -0.4 is 0 Å².